The number of hydrogen-bond donors (Lipinski definition) is 0. The molecule has 2 aromatic rings. The van der Waals surface area contributed by atoms with Gasteiger partial charge in [0.25, 0.3) is 5.91 Å². The monoisotopic (exact) mass is 471 g/mol. The summed E-state index contributed by atoms with van der Waals surface area (Å²) in [6.07, 6.45) is 0. The average molecular weight is 472 g/mol. The molecule has 0 aliphatic carbocycles. The summed E-state index contributed by atoms with van der Waals surface area (Å²) in [6.45, 7) is 3.79. The maximum Gasteiger partial charge on any atom is 0.253 e. The minimum absolute atomic E-state index is 0.106. The first-order chi connectivity index (χ1) is 12.8. The Morgan fingerprint density at radius 2 is 1.89 bits per heavy atom. The number of nitrogens with zero attached hydrogens (tertiary/aromatic N) is 3. The van der Waals surface area contributed by atoms with Gasteiger partial charge in [-0.05, 0) is 45.6 Å². The van der Waals surface area contributed by atoms with Crippen LogP contribution < -0.4 is 0 Å². The Morgan fingerprint density at radius 1 is 1.19 bits per heavy atom. The lowest BCUT2D eigenvalue weighted by Gasteiger charge is -2.34. The van der Waals surface area contributed by atoms with Crippen molar-refractivity contribution in [3.63, 3.8) is 0 Å². The quantitative estimate of drug-likeness (QED) is 0.672. The van der Waals surface area contributed by atoms with Crippen LogP contribution in [-0.2, 0) is 16.6 Å². The molecule has 1 aliphatic heterocycles. The van der Waals surface area contributed by atoms with Crippen LogP contribution in [0.2, 0.25) is 0 Å². The van der Waals surface area contributed by atoms with E-state index < -0.39 is 10.0 Å². The molecular formula is C18H22BrN3O3S2. The fourth-order valence-electron chi connectivity index (χ4n) is 2.95. The van der Waals surface area contributed by atoms with Gasteiger partial charge in [-0.3, -0.25) is 9.69 Å². The predicted octanol–water partition coefficient (Wildman–Crippen LogP) is 2.72. The van der Waals surface area contributed by atoms with E-state index in [9.17, 15) is 13.2 Å². The number of sulfonamides is 1. The van der Waals surface area contributed by atoms with Gasteiger partial charge in [-0.15, -0.1) is 11.3 Å². The molecule has 1 saturated heterocycles. The van der Waals surface area contributed by atoms with Crippen LogP contribution in [0.25, 0.3) is 0 Å². The van der Waals surface area contributed by atoms with Crippen LogP contribution in [-0.4, -0.2) is 68.7 Å². The van der Waals surface area contributed by atoms with Gasteiger partial charge in [-0.2, -0.15) is 0 Å². The summed E-state index contributed by atoms with van der Waals surface area (Å²) < 4.78 is 26.5. The highest BCUT2D eigenvalue weighted by molar-refractivity contribution is 9.10. The van der Waals surface area contributed by atoms with E-state index in [1.807, 2.05) is 6.07 Å². The molecule has 3 rings (SSSR count). The Labute approximate surface area is 172 Å². The van der Waals surface area contributed by atoms with Crippen LogP contribution in [0.15, 0.2) is 45.1 Å². The molecule has 1 aliphatic rings. The number of carbonyl (C=O) groups is 1. The minimum Gasteiger partial charge on any atom is -0.336 e. The maximum absolute atomic E-state index is 12.9. The molecule has 0 N–H and O–H groups in total. The van der Waals surface area contributed by atoms with E-state index in [4.69, 9.17) is 0 Å². The predicted molar refractivity (Wildman–Crippen MR) is 111 cm³/mol. The molecule has 0 saturated carbocycles. The van der Waals surface area contributed by atoms with Crippen molar-refractivity contribution < 1.29 is 13.2 Å². The van der Waals surface area contributed by atoms with E-state index in [-0.39, 0.29) is 10.8 Å². The number of piperazine rings is 1. The van der Waals surface area contributed by atoms with Crippen molar-refractivity contribution >= 4 is 43.2 Å². The third kappa shape index (κ3) is 4.60. The molecule has 1 fully saturated rings. The number of halogens is 1. The Bertz CT molecular complexity index is 906. The van der Waals surface area contributed by atoms with Crippen LogP contribution in [0.3, 0.4) is 0 Å². The Kier molecular flexibility index (Phi) is 6.37. The van der Waals surface area contributed by atoms with Crippen LogP contribution in [0.5, 0.6) is 0 Å². The van der Waals surface area contributed by atoms with E-state index >= 15 is 0 Å². The fraction of sp³-hybridized carbons (Fsp3) is 0.389. The molecule has 6 nitrogen and oxygen atoms in total. The summed E-state index contributed by atoms with van der Waals surface area (Å²) in [5, 5.41) is 2.07. The lowest BCUT2D eigenvalue weighted by Crippen LogP contribution is -2.48. The molecule has 0 spiro atoms. The average Bonchev–Trinajstić information content (AvgIpc) is 3.15. The van der Waals surface area contributed by atoms with Gasteiger partial charge in [0.15, 0.2) is 0 Å². The molecule has 27 heavy (non-hydrogen) atoms. The van der Waals surface area contributed by atoms with Gasteiger partial charge in [0.2, 0.25) is 10.0 Å². The summed E-state index contributed by atoms with van der Waals surface area (Å²) in [6, 6.07) is 8.92. The molecule has 146 valence electrons. The SMILES string of the molecule is CN(C)S(=O)(=O)c1cc(C(=O)N2CCN(Cc3cccs3)CC2)ccc1Br. The Balaban J connectivity index is 1.70. The van der Waals surface area contributed by atoms with E-state index in [1.54, 1.807) is 28.4 Å². The van der Waals surface area contributed by atoms with Gasteiger partial charge in [0, 0.05) is 61.7 Å². The van der Waals surface area contributed by atoms with Crippen LogP contribution in [0, 0.1) is 0 Å². The minimum atomic E-state index is -3.62. The zero-order valence-electron chi connectivity index (χ0n) is 15.3. The highest BCUT2D eigenvalue weighted by Gasteiger charge is 2.26. The summed E-state index contributed by atoms with van der Waals surface area (Å²) >= 11 is 5.02. The second-order valence-corrected chi connectivity index (χ2v) is 10.6. The molecule has 9 heteroatoms. The molecule has 1 aromatic carbocycles. The van der Waals surface area contributed by atoms with Crippen molar-refractivity contribution in [1.29, 1.82) is 0 Å². The first kappa shape index (κ1) is 20.5. The number of carbonyl (C=O) groups excluding carboxylic acids is 1. The molecular weight excluding hydrogens is 450 g/mol. The normalized spacial score (nSPS) is 16.1. The van der Waals surface area contributed by atoms with Crippen LogP contribution >= 0.6 is 27.3 Å². The molecule has 2 heterocycles. The molecule has 0 bridgehead atoms. The van der Waals surface area contributed by atoms with Crippen molar-refractivity contribution in [2.45, 2.75) is 11.4 Å². The zero-order valence-corrected chi connectivity index (χ0v) is 18.5. The first-order valence-electron chi connectivity index (χ1n) is 8.55. The van der Waals surface area contributed by atoms with Gasteiger partial charge in [-0.25, -0.2) is 12.7 Å². The van der Waals surface area contributed by atoms with Gasteiger partial charge in [0.1, 0.15) is 0 Å². The largest absolute Gasteiger partial charge is 0.336 e. The number of hydrogen-bond acceptors (Lipinski definition) is 5. The summed E-state index contributed by atoms with van der Waals surface area (Å²) in [4.78, 5) is 18.4. The summed E-state index contributed by atoms with van der Waals surface area (Å²) in [7, 11) is -0.673. The van der Waals surface area contributed by atoms with Crippen molar-refractivity contribution in [2.24, 2.45) is 0 Å². The second kappa shape index (κ2) is 8.40. The lowest BCUT2D eigenvalue weighted by atomic mass is 10.2. The Hall–Kier alpha value is -1.26. The van der Waals surface area contributed by atoms with E-state index in [0.29, 0.717) is 23.1 Å². The standard InChI is InChI=1S/C18H22BrN3O3S2/c1-20(2)27(24,25)17-12-14(5-6-16(17)19)18(23)22-9-7-21(8-10-22)13-15-4-3-11-26-15/h3-6,11-12H,7-10,13H2,1-2H3. The molecule has 0 radical (unpaired) electrons. The third-order valence-electron chi connectivity index (χ3n) is 4.56. The van der Waals surface area contributed by atoms with Gasteiger partial charge in [0.05, 0.1) is 4.90 Å². The first-order valence-corrected chi connectivity index (χ1v) is 11.7. The molecule has 0 atom stereocenters. The topological polar surface area (TPSA) is 60.9 Å². The van der Waals surface area contributed by atoms with E-state index in [2.05, 4.69) is 32.3 Å². The van der Waals surface area contributed by atoms with E-state index in [0.717, 1.165) is 23.9 Å². The van der Waals surface area contributed by atoms with Gasteiger partial charge in [-0.1, -0.05) is 6.07 Å². The van der Waals surface area contributed by atoms with Crippen LogP contribution in [0.4, 0.5) is 0 Å². The van der Waals surface area contributed by atoms with Gasteiger partial charge >= 0.3 is 0 Å². The number of thiophene rings is 1. The maximum atomic E-state index is 12.9. The van der Waals surface area contributed by atoms with E-state index in [1.165, 1.54) is 25.0 Å². The van der Waals surface area contributed by atoms with Crippen LogP contribution in [0.1, 0.15) is 15.2 Å². The number of benzene rings is 1. The molecule has 0 unspecified atom stereocenters. The van der Waals surface area contributed by atoms with Crippen molar-refractivity contribution in [3.8, 4) is 0 Å². The highest BCUT2D eigenvalue weighted by atomic mass is 79.9. The summed E-state index contributed by atoms with van der Waals surface area (Å²) in [5.41, 5.74) is 0.394. The van der Waals surface area contributed by atoms with Crippen molar-refractivity contribution in [3.05, 3.63) is 50.6 Å². The summed E-state index contributed by atoms with van der Waals surface area (Å²) in [5.74, 6) is -0.131. The van der Waals surface area contributed by atoms with Crippen molar-refractivity contribution in [1.82, 2.24) is 14.1 Å². The second-order valence-electron chi connectivity index (χ2n) is 6.58. The van der Waals surface area contributed by atoms with Gasteiger partial charge < -0.3 is 4.90 Å². The smallest absolute Gasteiger partial charge is 0.253 e. The lowest BCUT2D eigenvalue weighted by molar-refractivity contribution is 0.0629. The zero-order chi connectivity index (χ0) is 19.6. The number of rotatable bonds is 5. The fourth-order valence-corrected chi connectivity index (χ4v) is 5.54. The molecule has 1 amide bonds. The number of amides is 1. The highest BCUT2D eigenvalue weighted by Crippen LogP contribution is 2.26. The van der Waals surface area contributed by atoms with Crippen molar-refractivity contribution in [2.75, 3.05) is 40.3 Å². The molecule has 1 aromatic heterocycles. The Morgan fingerprint density at radius 3 is 2.48 bits per heavy atom. The third-order valence-corrected chi connectivity index (χ3v) is 8.23.